The monoisotopic (exact) mass is 316 g/mol. The summed E-state index contributed by atoms with van der Waals surface area (Å²) in [5, 5.41) is 15.7. The van der Waals surface area contributed by atoms with Crippen LogP contribution < -0.4 is 0 Å². The molecule has 0 radical (unpaired) electrons. The second kappa shape index (κ2) is 5.15. The van der Waals surface area contributed by atoms with Crippen LogP contribution in [-0.4, -0.2) is 14.9 Å². The van der Waals surface area contributed by atoms with E-state index < -0.39 is 6.10 Å². The molecule has 1 N–H and O–H groups in total. The Hall–Kier alpha value is -1.65. The smallest absolute Gasteiger partial charge is 0.0985 e. The van der Waals surface area contributed by atoms with E-state index in [1.54, 1.807) is 4.68 Å². The average Bonchev–Trinajstić information content (AvgIpc) is 2.84. The topological polar surface area (TPSA) is 38.0 Å². The first-order valence-electron chi connectivity index (χ1n) is 6.09. The van der Waals surface area contributed by atoms with Gasteiger partial charge < -0.3 is 5.11 Å². The molecule has 1 aromatic heterocycles. The summed E-state index contributed by atoms with van der Waals surface area (Å²) in [4.78, 5) is 0. The van der Waals surface area contributed by atoms with Crippen LogP contribution >= 0.6 is 15.9 Å². The Morgan fingerprint density at radius 3 is 2.63 bits per heavy atom. The van der Waals surface area contributed by atoms with Gasteiger partial charge in [-0.3, -0.25) is 4.68 Å². The average molecular weight is 317 g/mol. The lowest BCUT2D eigenvalue weighted by molar-refractivity contribution is 0.152. The maximum absolute atomic E-state index is 10.2. The molecule has 96 valence electrons. The summed E-state index contributed by atoms with van der Waals surface area (Å²) in [5.41, 5.74) is 1.83. The minimum absolute atomic E-state index is 0.450. The lowest BCUT2D eigenvalue weighted by Crippen LogP contribution is -2.08. The maximum Gasteiger partial charge on any atom is 0.0985 e. The van der Waals surface area contributed by atoms with E-state index in [0.717, 1.165) is 20.9 Å². The molecule has 4 heteroatoms. The van der Waals surface area contributed by atoms with Crippen molar-refractivity contribution >= 4 is 26.8 Å². The summed E-state index contributed by atoms with van der Waals surface area (Å²) in [7, 11) is 0. The Balaban J connectivity index is 1.88. The van der Waals surface area contributed by atoms with E-state index >= 15 is 0 Å². The van der Waals surface area contributed by atoms with Gasteiger partial charge in [-0.25, -0.2) is 0 Å². The van der Waals surface area contributed by atoms with Crippen molar-refractivity contribution in [2.45, 2.75) is 12.6 Å². The minimum Gasteiger partial charge on any atom is -0.386 e. The fraction of sp³-hybridized carbons (Fsp3) is 0.133. The third-order valence-corrected chi connectivity index (χ3v) is 3.78. The lowest BCUT2D eigenvalue weighted by Gasteiger charge is -2.10. The first-order chi connectivity index (χ1) is 9.24. The number of rotatable bonds is 3. The van der Waals surface area contributed by atoms with Gasteiger partial charge >= 0.3 is 0 Å². The number of fused-ring (bicyclic) bond motifs is 1. The zero-order chi connectivity index (χ0) is 13.2. The van der Waals surface area contributed by atoms with Crippen molar-refractivity contribution in [3.8, 4) is 0 Å². The predicted octanol–water partition coefficient (Wildman–Crippen LogP) is 3.53. The van der Waals surface area contributed by atoms with Gasteiger partial charge in [-0.15, -0.1) is 0 Å². The first-order valence-corrected chi connectivity index (χ1v) is 6.88. The van der Waals surface area contributed by atoms with E-state index in [9.17, 15) is 5.11 Å². The molecule has 0 aliphatic rings. The predicted molar refractivity (Wildman–Crippen MR) is 78.8 cm³/mol. The van der Waals surface area contributed by atoms with Gasteiger partial charge in [-0.1, -0.05) is 52.3 Å². The van der Waals surface area contributed by atoms with Gasteiger partial charge in [-0.05, 0) is 17.7 Å². The van der Waals surface area contributed by atoms with Gasteiger partial charge in [0.1, 0.15) is 0 Å². The molecule has 0 saturated carbocycles. The molecule has 3 rings (SSSR count). The van der Waals surface area contributed by atoms with Crippen molar-refractivity contribution in [1.82, 2.24) is 9.78 Å². The third kappa shape index (κ3) is 2.55. The van der Waals surface area contributed by atoms with Gasteiger partial charge in [-0.2, -0.15) is 5.10 Å². The highest BCUT2D eigenvalue weighted by molar-refractivity contribution is 9.10. The summed E-state index contributed by atoms with van der Waals surface area (Å²) >= 11 is 3.51. The molecule has 3 nitrogen and oxygen atoms in total. The molecule has 0 saturated heterocycles. The lowest BCUT2D eigenvalue weighted by atomic mass is 10.1. The summed E-state index contributed by atoms with van der Waals surface area (Å²) in [6, 6.07) is 15.5. The molecule has 0 aliphatic carbocycles. The zero-order valence-corrected chi connectivity index (χ0v) is 11.8. The van der Waals surface area contributed by atoms with Crippen molar-refractivity contribution in [3.05, 3.63) is 64.8 Å². The van der Waals surface area contributed by atoms with Crippen molar-refractivity contribution in [2.75, 3.05) is 0 Å². The Morgan fingerprint density at radius 1 is 1.11 bits per heavy atom. The standard InChI is InChI=1S/C15H13BrN2O/c16-13-7-4-8-14-12(13)9-18(17-14)10-15(19)11-5-2-1-3-6-11/h1-9,15,19H,10H2. The number of benzene rings is 2. The van der Waals surface area contributed by atoms with Crippen LogP contribution in [0.3, 0.4) is 0 Å². The minimum atomic E-state index is -0.547. The van der Waals surface area contributed by atoms with Crippen LogP contribution in [0.1, 0.15) is 11.7 Å². The summed E-state index contributed by atoms with van der Waals surface area (Å²) in [6.45, 7) is 0.450. The molecule has 1 unspecified atom stereocenters. The number of hydrogen-bond donors (Lipinski definition) is 1. The van der Waals surface area contributed by atoms with Crippen LogP contribution in [0.5, 0.6) is 0 Å². The van der Waals surface area contributed by atoms with Crippen LogP contribution in [0.15, 0.2) is 59.2 Å². The third-order valence-electron chi connectivity index (χ3n) is 3.09. The van der Waals surface area contributed by atoms with Gasteiger partial charge in [0, 0.05) is 16.1 Å². The van der Waals surface area contributed by atoms with Crippen LogP contribution in [-0.2, 0) is 6.54 Å². The van der Waals surface area contributed by atoms with Crippen LogP contribution in [0.2, 0.25) is 0 Å². The Morgan fingerprint density at radius 2 is 1.89 bits per heavy atom. The quantitative estimate of drug-likeness (QED) is 0.802. The number of nitrogens with zero attached hydrogens (tertiary/aromatic N) is 2. The SMILES string of the molecule is OC(Cn1cc2c(Br)cccc2n1)c1ccccc1. The zero-order valence-electron chi connectivity index (χ0n) is 10.2. The molecule has 2 aromatic carbocycles. The van der Waals surface area contributed by atoms with Crippen molar-refractivity contribution in [3.63, 3.8) is 0 Å². The van der Waals surface area contributed by atoms with Gasteiger partial charge in [0.2, 0.25) is 0 Å². The van der Waals surface area contributed by atoms with E-state index in [1.807, 2.05) is 54.7 Å². The highest BCUT2D eigenvalue weighted by Gasteiger charge is 2.10. The number of aromatic nitrogens is 2. The number of hydrogen-bond acceptors (Lipinski definition) is 2. The Kier molecular flexibility index (Phi) is 3.36. The van der Waals surface area contributed by atoms with Crippen LogP contribution in [0, 0.1) is 0 Å². The summed E-state index contributed by atoms with van der Waals surface area (Å²) < 4.78 is 2.80. The number of aliphatic hydroxyl groups excluding tert-OH is 1. The van der Waals surface area contributed by atoms with Gasteiger partial charge in [0.05, 0.1) is 18.2 Å². The molecule has 1 heterocycles. The normalized spacial score (nSPS) is 12.7. The molecule has 0 spiro atoms. The molecule has 0 fully saturated rings. The summed E-state index contributed by atoms with van der Waals surface area (Å²) in [5.74, 6) is 0. The Bertz CT molecular complexity index is 694. The van der Waals surface area contributed by atoms with Crippen molar-refractivity contribution in [2.24, 2.45) is 0 Å². The molecular weight excluding hydrogens is 304 g/mol. The fourth-order valence-electron chi connectivity index (χ4n) is 2.11. The van der Waals surface area contributed by atoms with Crippen LogP contribution in [0.25, 0.3) is 10.9 Å². The van der Waals surface area contributed by atoms with E-state index in [2.05, 4.69) is 21.0 Å². The van der Waals surface area contributed by atoms with E-state index in [0.29, 0.717) is 6.54 Å². The first kappa shape index (κ1) is 12.4. The molecule has 1 atom stereocenters. The van der Waals surface area contributed by atoms with Crippen molar-refractivity contribution in [1.29, 1.82) is 0 Å². The maximum atomic E-state index is 10.2. The second-order valence-electron chi connectivity index (χ2n) is 4.45. The van der Waals surface area contributed by atoms with Gasteiger partial charge in [0.15, 0.2) is 0 Å². The molecule has 0 bridgehead atoms. The molecule has 19 heavy (non-hydrogen) atoms. The summed E-state index contributed by atoms with van der Waals surface area (Å²) in [6.07, 6.45) is 1.40. The fourth-order valence-corrected chi connectivity index (χ4v) is 2.57. The van der Waals surface area contributed by atoms with Crippen LogP contribution in [0.4, 0.5) is 0 Å². The number of halogens is 1. The van der Waals surface area contributed by atoms with E-state index in [1.165, 1.54) is 0 Å². The highest BCUT2D eigenvalue weighted by atomic mass is 79.9. The number of aliphatic hydroxyl groups is 1. The molecule has 0 amide bonds. The largest absolute Gasteiger partial charge is 0.386 e. The molecular formula is C15H13BrN2O. The van der Waals surface area contributed by atoms with Crippen molar-refractivity contribution < 1.29 is 5.11 Å². The molecule has 0 aliphatic heterocycles. The van der Waals surface area contributed by atoms with E-state index in [-0.39, 0.29) is 0 Å². The second-order valence-corrected chi connectivity index (χ2v) is 5.30. The molecule has 3 aromatic rings. The van der Waals surface area contributed by atoms with E-state index in [4.69, 9.17) is 0 Å². The highest BCUT2D eigenvalue weighted by Crippen LogP contribution is 2.23. The van der Waals surface area contributed by atoms with Gasteiger partial charge in [0.25, 0.3) is 0 Å². The Labute approximate surface area is 119 Å².